The number of aliphatic carboxylic acids is 1. The Labute approximate surface area is 103 Å². The minimum absolute atomic E-state index is 0.499. The molecule has 0 fully saturated rings. The van der Waals surface area contributed by atoms with Crippen molar-refractivity contribution in [2.75, 3.05) is 11.5 Å². The maximum atomic E-state index is 10.9. The van der Waals surface area contributed by atoms with Gasteiger partial charge in [0.1, 0.15) is 5.54 Å². The highest BCUT2D eigenvalue weighted by molar-refractivity contribution is 7.99. The van der Waals surface area contributed by atoms with E-state index in [1.807, 2.05) is 18.7 Å². The fraction of sp³-hybridized carbons (Fsp3) is 0.917. The normalized spacial score (nSPS) is 15.1. The summed E-state index contributed by atoms with van der Waals surface area (Å²) in [5, 5.41) is 8.98. The van der Waals surface area contributed by atoms with Gasteiger partial charge in [0.2, 0.25) is 0 Å². The first-order valence-electron chi connectivity index (χ1n) is 6.02. The van der Waals surface area contributed by atoms with E-state index < -0.39 is 11.5 Å². The molecule has 0 amide bonds. The molecule has 0 aliphatic carbocycles. The Morgan fingerprint density at radius 3 is 2.50 bits per heavy atom. The summed E-state index contributed by atoms with van der Waals surface area (Å²) in [5.41, 5.74) is 4.78. The fourth-order valence-corrected chi connectivity index (χ4v) is 2.54. The van der Waals surface area contributed by atoms with Gasteiger partial charge in [0.05, 0.1) is 0 Å². The molecule has 1 atom stereocenters. The van der Waals surface area contributed by atoms with Gasteiger partial charge in [-0.15, -0.1) is 0 Å². The van der Waals surface area contributed by atoms with Crippen LogP contribution >= 0.6 is 11.8 Å². The third kappa shape index (κ3) is 6.38. The molecule has 3 N–H and O–H groups in total. The molecule has 0 saturated carbocycles. The zero-order chi connectivity index (χ0) is 12.6. The van der Waals surface area contributed by atoms with Crippen molar-refractivity contribution in [2.45, 2.75) is 52.0 Å². The van der Waals surface area contributed by atoms with Gasteiger partial charge in [0.15, 0.2) is 0 Å². The Hall–Kier alpha value is -0.220. The molecule has 1 unspecified atom stereocenters. The zero-order valence-corrected chi connectivity index (χ0v) is 11.5. The Kier molecular flexibility index (Phi) is 7.85. The van der Waals surface area contributed by atoms with Crippen molar-refractivity contribution >= 4 is 17.7 Å². The molecule has 0 radical (unpaired) electrons. The van der Waals surface area contributed by atoms with Crippen LogP contribution in [0.15, 0.2) is 0 Å². The van der Waals surface area contributed by atoms with Gasteiger partial charge in [0.25, 0.3) is 0 Å². The summed E-state index contributed by atoms with van der Waals surface area (Å²) in [4.78, 5) is 10.9. The molecule has 0 aliphatic heterocycles. The van der Waals surface area contributed by atoms with Gasteiger partial charge in [0, 0.05) is 0 Å². The van der Waals surface area contributed by atoms with Gasteiger partial charge < -0.3 is 10.8 Å². The number of hydrogen-bond acceptors (Lipinski definition) is 3. The minimum Gasteiger partial charge on any atom is -0.480 e. The number of rotatable bonds is 9. The van der Waals surface area contributed by atoms with Gasteiger partial charge >= 0.3 is 5.97 Å². The highest BCUT2D eigenvalue weighted by atomic mass is 32.2. The Balaban J connectivity index is 3.61. The van der Waals surface area contributed by atoms with Gasteiger partial charge in [-0.1, -0.05) is 20.8 Å². The molecule has 0 rings (SSSR count). The van der Waals surface area contributed by atoms with E-state index in [9.17, 15) is 4.79 Å². The van der Waals surface area contributed by atoms with Gasteiger partial charge in [-0.3, -0.25) is 4.79 Å². The molecule has 96 valence electrons. The Morgan fingerprint density at radius 1 is 1.44 bits per heavy atom. The van der Waals surface area contributed by atoms with Crippen molar-refractivity contribution in [3.05, 3.63) is 0 Å². The van der Waals surface area contributed by atoms with Crippen LogP contribution in [-0.2, 0) is 4.79 Å². The number of carbonyl (C=O) groups is 1. The second kappa shape index (κ2) is 7.96. The summed E-state index contributed by atoms with van der Waals surface area (Å²) in [6.07, 6.45) is 3.19. The molecule has 3 nitrogen and oxygen atoms in total. The van der Waals surface area contributed by atoms with Gasteiger partial charge in [-0.2, -0.15) is 11.8 Å². The standard InChI is InChI=1S/C12H25NO2S/c1-4-12(13,11(14)15)7-5-8-16-9-6-10(2)3/h10H,4-9,13H2,1-3H3,(H,14,15). The van der Waals surface area contributed by atoms with Crippen LogP contribution in [0, 0.1) is 5.92 Å². The first-order valence-corrected chi connectivity index (χ1v) is 7.18. The highest BCUT2D eigenvalue weighted by Crippen LogP contribution is 2.17. The lowest BCUT2D eigenvalue weighted by Gasteiger charge is -2.22. The van der Waals surface area contributed by atoms with Crippen molar-refractivity contribution in [3.63, 3.8) is 0 Å². The summed E-state index contributed by atoms with van der Waals surface area (Å²) >= 11 is 1.90. The van der Waals surface area contributed by atoms with Crippen LogP contribution < -0.4 is 5.73 Å². The molecule has 0 aromatic carbocycles. The Morgan fingerprint density at radius 2 is 2.06 bits per heavy atom. The third-order valence-electron chi connectivity index (χ3n) is 2.81. The van der Waals surface area contributed by atoms with Crippen LogP contribution in [0.2, 0.25) is 0 Å². The lowest BCUT2D eigenvalue weighted by Crippen LogP contribution is -2.47. The molecule has 0 saturated heterocycles. The largest absolute Gasteiger partial charge is 0.480 e. The van der Waals surface area contributed by atoms with Gasteiger partial charge in [-0.25, -0.2) is 0 Å². The van der Waals surface area contributed by atoms with Crippen molar-refractivity contribution in [1.82, 2.24) is 0 Å². The van der Waals surface area contributed by atoms with E-state index in [-0.39, 0.29) is 0 Å². The molecular formula is C12H25NO2S. The quantitative estimate of drug-likeness (QED) is 0.615. The second-order valence-corrected chi connectivity index (χ2v) is 5.94. The summed E-state index contributed by atoms with van der Waals surface area (Å²) in [6.45, 7) is 6.26. The SMILES string of the molecule is CCC(N)(CCCSCCC(C)C)C(=O)O. The monoisotopic (exact) mass is 247 g/mol. The van der Waals surface area contributed by atoms with Crippen LogP contribution in [0.5, 0.6) is 0 Å². The summed E-state index contributed by atoms with van der Waals surface area (Å²) < 4.78 is 0. The molecular weight excluding hydrogens is 222 g/mol. The van der Waals surface area contributed by atoms with Crippen molar-refractivity contribution < 1.29 is 9.90 Å². The van der Waals surface area contributed by atoms with E-state index in [4.69, 9.17) is 10.8 Å². The third-order valence-corrected chi connectivity index (χ3v) is 3.91. The van der Waals surface area contributed by atoms with E-state index in [0.29, 0.717) is 12.8 Å². The van der Waals surface area contributed by atoms with E-state index in [2.05, 4.69) is 13.8 Å². The van der Waals surface area contributed by atoms with Crippen LogP contribution in [0.4, 0.5) is 0 Å². The van der Waals surface area contributed by atoms with E-state index in [0.717, 1.165) is 23.8 Å². The topological polar surface area (TPSA) is 63.3 Å². The predicted octanol–water partition coefficient (Wildman–Crippen LogP) is 2.74. The maximum Gasteiger partial charge on any atom is 0.323 e. The predicted molar refractivity (Wildman–Crippen MR) is 70.9 cm³/mol. The van der Waals surface area contributed by atoms with Crippen LogP contribution in [0.1, 0.15) is 46.5 Å². The molecule has 4 heteroatoms. The number of carboxylic acids is 1. The van der Waals surface area contributed by atoms with E-state index in [1.165, 1.54) is 6.42 Å². The smallest absolute Gasteiger partial charge is 0.323 e. The van der Waals surface area contributed by atoms with E-state index >= 15 is 0 Å². The second-order valence-electron chi connectivity index (χ2n) is 4.71. The van der Waals surface area contributed by atoms with Crippen LogP contribution in [0.3, 0.4) is 0 Å². The Bertz CT molecular complexity index is 209. The fourth-order valence-electron chi connectivity index (χ4n) is 1.35. The van der Waals surface area contributed by atoms with Gasteiger partial charge in [-0.05, 0) is 43.1 Å². The highest BCUT2D eigenvalue weighted by Gasteiger charge is 2.30. The van der Waals surface area contributed by atoms with E-state index in [1.54, 1.807) is 0 Å². The first-order chi connectivity index (χ1) is 7.42. The van der Waals surface area contributed by atoms with Crippen molar-refractivity contribution in [2.24, 2.45) is 11.7 Å². The van der Waals surface area contributed by atoms with Crippen molar-refractivity contribution in [1.29, 1.82) is 0 Å². The number of carboxylic acid groups (broad SMARTS) is 1. The van der Waals surface area contributed by atoms with Crippen molar-refractivity contribution in [3.8, 4) is 0 Å². The molecule has 0 aromatic rings. The number of thioether (sulfide) groups is 1. The first kappa shape index (κ1) is 15.8. The summed E-state index contributed by atoms with van der Waals surface area (Å²) in [5.74, 6) is 2.05. The lowest BCUT2D eigenvalue weighted by molar-refractivity contribution is -0.143. The zero-order valence-electron chi connectivity index (χ0n) is 10.7. The molecule has 0 bridgehead atoms. The summed E-state index contributed by atoms with van der Waals surface area (Å²) in [6, 6.07) is 0. The number of hydrogen-bond donors (Lipinski definition) is 2. The average molecular weight is 247 g/mol. The van der Waals surface area contributed by atoms with Crippen LogP contribution in [-0.4, -0.2) is 28.1 Å². The lowest BCUT2D eigenvalue weighted by atomic mass is 9.92. The molecule has 0 spiro atoms. The number of nitrogens with two attached hydrogens (primary N) is 1. The van der Waals surface area contributed by atoms with Crippen LogP contribution in [0.25, 0.3) is 0 Å². The minimum atomic E-state index is -1.02. The molecule has 0 aromatic heterocycles. The molecule has 16 heavy (non-hydrogen) atoms. The summed E-state index contributed by atoms with van der Waals surface area (Å²) in [7, 11) is 0. The maximum absolute atomic E-state index is 10.9. The average Bonchev–Trinajstić information content (AvgIpc) is 2.22. The molecule has 0 aliphatic rings. The molecule has 0 heterocycles.